The summed E-state index contributed by atoms with van der Waals surface area (Å²) in [6.07, 6.45) is 5.54. The molecule has 0 fully saturated rings. The molecule has 34 heavy (non-hydrogen) atoms. The molecule has 175 valence electrons. The van der Waals surface area contributed by atoms with Gasteiger partial charge in [0.2, 0.25) is 7.80 Å². The monoisotopic (exact) mass is 471 g/mol. The van der Waals surface area contributed by atoms with E-state index in [1.54, 1.807) is 13.8 Å². The van der Waals surface area contributed by atoms with Crippen molar-refractivity contribution in [3.05, 3.63) is 95.1 Å². The summed E-state index contributed by atoms with van der Waals surface area (Å²) in [4.78, 5) is 26.3. The third-order valence-corrected chi connectivity index (χ3v) is 7.21. The van der Waals surface area contributed by atoms with Gasteiger partial charge in [0.15, 0.2) is 0 Å². The maximum Gasteiger partial charge on any atom is 0.250 e. The molecular formula is C30H32O3P. The summed E-state index contributed by atoms with van der Waals surface area (Å²) in [5.74, 6) is 0. The van der Waals surface area contributed by atoms with Gasteiger partial charge in [0.05, 0.1) is 0 Å². The molecule has 4 aromatic carbocycles. The predicted octanol–water partition coefficient (Wildman–Crippen LogP) is 9.00. The summed E-state index contributed by atoms with van der Waals surface area (Å²) in [7, 11) is -2.76. The Morgan fingerprint density at radius 3 is 1.38 bits per heavy atom. The van der Waals surface area contributed by atoms with Crippen molar-refractivity contribution in [2.24, 2.45) is 0 Å². The Balaban J connectivity index is 0.000000481. The number of carbonyl (C=O) groups is 2. The van der Waals surface area contributed by atoms with Crippen LogP contribution in [0.25, 0.3) is 21.5 Å². The van der Waals surface area contributed by atoms with Crippen LogP contribution < -0.4 is 0 Å². The lowest BCUT2D eigenvalue weighted by Gasteiger charge is -2.11. The highest BCUT2D eigenvalue weighted by Gasteiger charge is 2.29. The van der Waals surface area contributed by atoms with Crippen LogP contribution in [0.15, 0.2) is 72.8 Å². The normalized spacial score (nSPS) is 10.6. The third-order valence-electron chi connectivity index (χ3n) is 6.03. The highest BCUT2D eigenvalue weighted by atomic mass is 31.1. The zero-order chi connectivity index (χ0) is 24.7. The number of rotatable bonds is 7. The van der Waals surface area contributed by atoms with Crippen LogP contribution in [0.1, 0.15) is 71.4 Å². The first-order chi connectivity index (χ1) is 16.4. The van der Waals surface area contributed by atoms with E-state index < -0.39 is 18.8 Å². The molecule has 1 radical (unpaired) electrons. The van der Waals surface area contributed by atoms with Crippen molar-refractivity contribution in [2.75, 3.05) is 0 Å². The van der Waals surface area contributed by atoms with Gasteiger partial charge in [-0.05, 0) is 46.5 Å². The van der Waals surface area contributed by atoms with E-state index >= 15 is 0 Å². The Morgan fingerprint density at radius 1 is 0.618 bits per heavy atom. The Bertz CT molecular complexity index is 1250. The van der Waals surface area contributed by atoms with Crippen LogP contribution >= 0.6 is 7.80 Å². The van der Waals surface area contributed by atoms with E-state index in [2.05, 4.69) is 13.8 Å². The molecule has 0 spiro atoms. The molecule has 3 nitrogen and oxygen atoms in total. The van der Waals surface area contributed by atoms with Gasteiger partial charge in [-0.25, -0.2) is 0 Å². The Morgan fingerprint density at radius 2 is 1.00 bits per heavy atom. The number of hydrogen-bond acceptors (Lipinski definition) is 3. The van der Waals surface area contributed by atoms with Gasteiger partial charge >= 0.3 is 0 Å². The fraction of sp³-hybridized carbons (Fsp3) is 0.267. The first-order valence-electron chi connectivity index (χ1n) is 11.9. The van der Waals surface area contributed by atoms with Crippen LogP contribution in [0.3, 0.4) is 0 Å². The summed E-state index contributed by atoms with van der Waals surface area (Å²) in [5.41, 5.74) is 0.947. The zero-order valence-electron chi connectivity index (χ0n) is 20.4. The number of fused-ring (bicyclic) bond motifs is 2. The van der Waals surface area contributed by atoms with Crippen molar-refractivity contribution in [3.63, 3.8) is 0 Å². The van der Waals surface area contributed by atoms with Crippen LogP contribution in [0.4, 0.5) is 0 Å². The molecule has 0 bridgehead atoms. The van der Waals surface area contributed by atoms with Gasteiger partial charge in [0.25, 0.3) is 11.0 Å². The molecule has 0 atom stereocenters. The Labute approximate surface area is 203 Å². The standard InChI is InChI=1S/C24H18O3P.C6H14/c1-15-11-13-17-7-3-5-9-19(17)21(15)23(25)28(27)24(26)22-16(2)12-14-18-8-4-6-10-20(18)22;1-3-5-6-4-2/h3-14H,1-2H3;3-6H2,1-2H3. The average molecular weight is 472 g/mol. The van der Waals surface area contributed by atoms with E-state index in [4.69, 9.17) is 0 Å². The number of aryl methyl sites for hydroxylation is 2. The smallest absolute Gasteiger partial charge is 0.250 e. The van der Waals surface area contributed by atoms with Gasteiger partial charge < -0.3 is 0 Å². The van der Waals surface area contributed by atoms with Crippen molar-refractivity contribution in [1.82, 2.24) is 0 Å². The number of hydrogen-bond donors (Lipinski definition) is 0. The highest BCUT2D eigenvalue weighted by Crippen LogP contribution is 2.38. The lowest BCUT2D eigenvalue weighted by Crippen LogP contribution is -2.06. The fourth-order valence-corrected chi connectivity index (χ4v) is 5.31. The van der Waals surface area contributed by atoms with E-state index in [0.29, 0.717) is 11.1 Å². The molecule has 0 saturated carbocycles. The van der Waals surface area contributed by atoms with E-state index in [-0.39, 0.29) is 0 Å². The molecule has 4 rings (SSSR count). The lowest BCUT2D eigenvalue weighted by molar-refractivity contribution is 0.104. The SMILES string of the molecule is CCCCCC.Cc1ccc2ccccc2c1C(=O)[P](=O)C(=O)c1c(C)ccc2ccccc12. The minimum absolute atomic E-state index is 0.366. The van der Waals surface area contributed by atoms with Crippen LogP contribution in [-0.2, 0) is 4.57 Å². The first kappa shape index (κ1) is 25.5. The van der Waals surface area contributed by atoms with Crippen molar-refractivity contribution in [2.45, 2.75) is 53.4 Å². The third kappa shape index (κ3) is 5.48. The summed E-state index contributed by atoms with van der Waals surface area (Å²) >= 11 is 0. The Hall–Kier alpha value is -3.16. The van der Waals surface area contributed by atoms with E-state index in [9.17, 15) is 14.2 Å². The highest BCUT2D eigenvalue weighted by molar-refractivity contribution is 7.80. The van der Waals surface area contributed by atoms with Gasteiger partial charge in [-0.3, -0.25) is 14.2 Å². The lowest BCUT2D eigenvalue weighted by atomic mass is 10.0. The van der Waals surface area contributed by atoms with Crippen LogP contribution in [0.5, 0.6) is 0 Å². The summed E-state index contributed by atoms with van der Waals surface area (Å²) in [6, 6.07) is 22.4. The molecule has 4 heteroatoms. The van der Waals surface area contributed by atoms with Crippen molar-refractivity contribution < 1.29 is 14.2 Å². The molecule has 4 aromatic rings. The minimum atomic E-state index is -2.76. The van der Waals surface area contributed by atoms with Gasteiger partial charge in [-0.1, -0.05) is 112 Å². The average Bonchev–Trinajstić information content (AvgIpc) is 2.86. The molecule has 0 aliphatic rings. The number of carbonyl (C=O) groups excluding carboxylic acids is 2. The molecule has 0 unspecified atom stereocenters. The largest absolute Gasteiger partial charge is 0.281 e. The van der Waals surface area contributed by atoms with Gasteiger partial charge in [-0.2, -0.15) is 0 Å². The van der Waals surface area contributed by atoms with Crippen molar-refractivity contribution >= 4 is 40.4 Å². The van der Waals surface area contributed by atoms with Crippen LogP contribution in [0, 0.1) is 13.8 Å². The van der Waals surface area contributed by atoms with Gasteiger partial charge in [0.1, 0.15) is 0 Å². The molecule has 0 saturated heterocycles. The predicted molar refractivity (Wildman–Crippen MR) is 143 cm³/mol. The second-order valence-corrected chi connectivity index (χ2v) is 9.97. The molecular weight excluding hydrogens is 439 g/mol. The molecule has 0 aliphatic carbocycles. The van der Waals surface area contributed by atoms with Crippen molar-refractivity contribution in [3.8, 4) is 0 Å². The topological polar surface area (TPSA) is 51.2 Å². The van der Waals surface area contributed by atoms with Gasteiger partial charge in [-0.15, -0.1) is 0 Å². The molecule has 0 aliphatic heterocycles. The second kappa shape index (κ2) is 11.8. The number of benzene rings is 4. The molecule has 0 amide bonds. The number of unbranched alkanes of at least 4 members (excludes halogenated alkanes) is 3. The van der Waals surface area contributed by atoms with Crippen LogP contribution in [0.2, 0.25) is 0 Å². The maximum atomic E-state index is 13.1. The van der Waals surface area contributed by atoms with Crippen molar-refractivity contribution in [1.29, 1.82) is 0 Å². The quantitative estimate of drug-likeness (QED) is 0.200. The summed E-state index contributed by atoms with van der Waals surface area (Å²) < 4.78 is 13.1. The van der Waals surface area contributed by atoms with E-state index in [1.165, 1.54) is 25.7 Å². The van der Waals surface area contributed by atoms with E-state index in [0.717, 1.165) is 32.7 Å². The second-order valence-electron chi connectivity index (χ2n) is 8.57. The molecule has 0 aromatic heterocycles. The Kier molecular flexibility index (Phi) is 8.85. The van der Waals surface area contributed by atoms with E-state index in [1.807, 2.05) is 72.8 Å². The molecule has 0 heterocycles. The minimum Gasteiger partial charge on any atom is -0.281 e. The zero-order valence-corrected chi connectivity index (χ0v) is 21.3. The van der Waals surface area contributed by atoms with Gasteiger partial charge in [0, 0.05) is 11.1 Å². The first-order valence-corrected chi connectivity index (χ1v) is 13.2. The summed E-state index contributed by atoms with van der Waals surface area (Å²) in [6.45, 7) is 8.07. The molecule has 0 N–H and O–H groups in total. The summed E-state index contributed by atoms with van der Waals surface area (Å²) in [5, 5.41) is 3.21. The maximum absolute atomic E-state index is 13.1. The fourth-order valence-electron chi connectivity index (χ4n) is 4.12. The van der Waals surface area contributed by atoms with Crippen LogP contribution in [-0.4, -0.2) is 11.0 Å².